The molecule has 112 valence electrons. The molecule has 0 aliphatic rings. The molecule has 0 spiro atoms. The Morgan fingerprint density at radius 1 is 1.05 bits per heavy atom. The van der Waals surface area contributed by atoms with Crippen LogP contribution in [0.1, 0.15) is 31.0 Å². The van der Waals surface area contributed by atoms with Crippen LogP contribution >= 0.6 is 0 Å². The molecule has 0 saturated heterocycles. The lowest BCUT2D eigenvalue weighted by Gasteiger charge is -2.25. The Balaban J connectivity index is 2.17. The molecule has 0 saturated carbocycles. The van der Waals surface area contributed by atoms with E-state index in [9.17, 15) is 8.78 Å². The summed E-state index contributed by atoms with van der Waals surface area (Å²) in [4.78, 5) is 0. The Morgan fingerprint density at radius 3 is 2.38 bits per heavy atom. The first-order chi connectivity index (χ1) is 10.1. The summed E-state index contributed by atoms with van der Waals surface area (Å²) in [5.41, 5.74) is 1.75. The Bertz CT molecular complexity index is 569. The van der Waals surface area contributed by atoms with Crippen molar-refractivity contribution in [3.8, 4) is 0 Å². The molecule has 0 aliphatic heterocycles. The predicted octanol–water partition coefficient (Wildman–Crippen LogP) is 4.49. The summed E-state index contributed by atoms with van der Waals surface area (Å²) in [5.74, 6) is -0.798. The van der Waals surface area contributed by atoms with Crippen LogP contribution in [0, 0.1) is 17.6 Å². The van der Waals surface area contributed by atoms with Crippen molar-refractivity contribution < 1.29 is 8.78 Å². The summed E-state index contributed by atoms with van der Waals surface area (Å²) in [6, 6.07) is 14.1. The quantitative estimate of drug-likeness (QED) is 0.826. The van der Waals surface area contributed by atoms with Gasteiger partial charge in [0.2, 0.25) is 0 Å². The van der Waals surface area contributed by atoms with E-state index >= 15 is 0 Å². The van der Waals surface area contributed by atoms with Crippen molar-refractivity contribution in [3.05, 3.63) is 71.3 Å². The van der Waals surface area contributed by atoms with Crippen LogP contribution in [0.4, 0.5) is 8.78 Å². The second-order valence-corrected chi connectivity index (χ2v) is 5.36. The lowest BCUT2D eigenvalue weighted by Crippen LogP contribution is -2.28. The highest BCUT2D eigenvalue weighted by Gasteiger charge is 2.19. The van der Waals surface area contributed by atoms with Crippen molar-refractivity contribution in [2.75, 3.05) is 6.54 Å². The van der Waals surface area contributed by atoms with Gasteiger partial charge in [-0.3, -0.25) is 0 Å². The lowest BCUT2D eigenvalue weighted by molar-refractivity contribution is 0.386. The van der Waals surface area contributed by atoms with Gasteiger partial charge in [0, 0.05) is 12.1 Å². The SMILES string of the molecule is CCNC(c1ccccc1)C(C)Cc1ccc(F)cc1F. The maximum Gasteiger partial charge on any atom is 0.129 e. The predicted molar refractivity (Wildman–Crippen MR) is 82.1 cm³/mol. The molecule has 1 nitrogen and oxygen atoms in total. The fraction of sp³-hybridized carbons (Fsp3) is 0.333. The minimum atomic E-state index is -0.532. The summed E-state index contributed by atoms with van der Waals surface area (Å²) >= 11 is 0. The van der Waals surface area contributed by atoms with Crippen molar-refractivity contribution in [2.45, 2.75) is 26.3 Å². The van der Waals surface area contributed by atoms with Gasteiger partial charge in [0.1, 0.15) is 11.6 Å². The second-order valence-electron chi connectivity index (χ2n) is 5.36. The van der Waals surface area contributed by atoms with E-state index in [-0.39, 0.29) is 12.0 Å². The van der Waals surface area contributed by atoms with Crippen molar-refractivity contribution in [1.29, 1.82) is 0 Å². The standard InChI is InChI=1S/C18H21F2N/c1-3-21-18(14-7-5-4-6-8-14)13(2)11-15-9-10-16(19)12-17(15)20/h4-10,12-13,18,21H,3,11H2,1-2H3. The van der Waals surface area contributed by atoms with Gasteiger partial charge in [-0.1, -0.05) is 50.2 Å². The minimum Gasteiger partial charge on any atom is -0.310 e. The summed E-state index contributed by atoms with van der Waals surface area (Å²) in [5, 5.41) is 3.45. The van der Waals surface area contributed by atoms with Crippen LogP contribution in [-0.2, 0) is 6.42 Å². The van der Waals surface area contributed by atoms with Gasteiger partial charge in [-0.2, -0.15) is 0 Å². The molecule has 0 heterocycles. The topological polar surface area (TPSA) is 12.0 Å². The number of hydrogen-bond donors (Lipinski definition) is 1. The zero-order chi connectivity index (χ0) is 15.2. The maximum absolute atomic E-state index is 13.8. The van der Waals surface area contributed by atoms with Gasteiger partial charge in [-0.15, -0.1) is 0 Å². The molecule has 0 aromatic heterocycles. The smallest absolute Gasteiger partial charge is 0.129 e. The number of nitrogens with one attached hydrogen (secondary N) is 1. The molecular formula is C18H21F2N. The molecule has 2 unspecified atom stereocenters. The largest absolute Gasteiger partial charge is 0.310 e. The van der Waals surface area contributed by atoms with Crippen LogP contribution in [0.5, 0.6) is 0 Å². The van der Waals surface area contributed by atoms with Gasteiger partial charge in [-0.05, 0) is 36.1 Å². The van der Waals surface area contributed by atoms with E-state index in [0.717, 1.165) is 12.6 Å². The van der Waals surface area contributed by atoms with E-state index in [1.807, 2.05) is 18.2 Å². The summed E-state index contributed by atoms with van der Waals surface area (Å²) in [6.45, 7) is 4.99. The first kappa shape index (κ1) is 15.6. The van der Waals surface area contributed by atoms with Crippen LogP contribution in [0.3, 0.4) is 0 Å². The molecule has 0 bridgehead atoms. The van der Waals surface area contributed by atoms with Crippen LogP contribution in [0.25, 0.3) is 0 Å². The van der Waals surface area contributed by atoms with E-state index in [0.29, 0.717) is 12.0 Å². The molecule has 1 N–H and O–H groups in total. The molecule has 0 amide bonds. The van der Waals surface area contributed by atoms with Gasteiger partial charge in [0.25, 0.3) is 0 Å². The fourth-order valence-corrected chi connectivity index (χ4v) is 2.68. The maximum atomic E-state index is 13.8. The third kappa shape index (κ3) is 4.11. The number of benzene rings is 2. The lowest BCUT2D eigenvalue weighted by atomic mass is 9.89. The summed E-state index contributed by atoms with van der Waals surface area (Å²) in [7, 11) is 0. The van der Waals surface area contributed by atoms with E-state index in [1.54, 1.807) is 0 Å². The monoisotopic (exact) mass is 289 g/mol. The van der Waals surface area contributed by atoms with E-state index < -0.39 is 11.6 Å². The van der Waals surface area contributed by atoms with Gasteiger partial charge in [-0.25, -0.2) is 8.78 Å². The molecule has 0 radical (unpaired) electrons. The Hall–Kier alpha value is -1.74. The molecule has 2 aromatic rings. The Labute approximate surface area is 125 Å². The van der Waals surface area contributed by atoms with Crippen molar-refractivity contribution in [1.82, 2.24) is 5.32 Å². The second kappa shape index (κ2) is 7.32. The molecule has 2 rings (SSSR count). The van der Waals surface area contributed by atoms with Gasteiger partial charge in [0.15, 0.2) is 0 Å². The first-order valence-electron chi connectivity index (χ1n) is 7.34. The van der Waals surface area contributed by atoms with Gasteiger partial charge >= 0.3 is 0 Å². The van der Waals surface area contributed by atoms with E-state index in [4.69, 9.17) is 0 Å². The van der Waals surface area contributed by atoms with Gasteiger partial charge in [0.05, 0.1) is 0 Å². The average molecular weight is 289 g/mol. The number of halogens is 2. The van der Waals surface area contributed by atoms with Crippen LogP contribution < -0.4 is 5.32 Å². The molecule has 3 heteroatoms. The highest BCUT2D eigenvalue weighted by Crippen LogP contribution is 2.26. The summed E-state index contributed by atoms with van der Waals surface area (Å²) < 4.78 is 26.8. The molecule has 0 fully saturated rings. The van der Waals surface area contributed by atoms with Crippen molar-refractivity contribution >= 4 is 0 Å². The Morgan fingerprint density at radius 2 is 1.76 bits per heavy atom. The van der Waals surface area contributed by atoms with Crippen molar-refractivity contribution in [2.24, 2.45) is 5.92 Å². The van der Waals surface area contributed by atoms with Crippen LogP contribution in [-0.4, -0.2) is 6.54 Å². The number of rotatable bonds is 6. The Kier molecular flexibility index (Phi) is 5.45. The highest BCUT2D eigenvalue weighted by molar-refractivity contribution is 5.23. The first-order valence-corrected chi connectivity index (χ1v) is 7.34. The van der Waals surface area contributed by atoms with Crippen molar-refractivity contribution in [3.63, 3.8) is 0 Å². The zero-order valence-corrected chi connectivity index (χ0v) is 12.4. The average Bonchev–Trinajstić information content (AvgIpc) is 2.48. The van der Waals surface area contributed by atoms with Gasteiger partial charge < -0.3 is 5.32 Å². The molecule has 21 heavy (non-hydrogen) atoms. The normalized spacial score (nSPS) is 13.9. The highest BCUT2D eigenvalue weighted by atomic mass is 19.1. The molecular weight excluding hydrogens is 268 g/mol. The van der Waals surface area contributed by atoms with Crippen LogP contribution in [0.15, 0.2) is 48.5 Å². The summed E-state index contributed by atoms with van der Waals surface area (Å²) in [6.07, 6.45) is 0.568. The molecule has 2 atom stereocenters. The number of hydrogen-bond acceptors (Lipinski definition) is 1. The van der Waals surface area contributed by atoms with Crippen LogP contribution in [0.2, 0.25) is 0 Å². The van der Waals surface area contributed by atoms with E-state index in [1.165, 1.54) is 17.7 Å². The molecule has 2 aromatic carbocycles. The third-order valence-electron chi connectivity index (χ3n) is 3.71. The zero-order valence-electron chi connectivity index (χ0n) is 12.4. The van der Waals surface area contributed by atoms with E-state index in [2.05, 4.69) is 31.3 Å². The molecule has 0 aliphatic carbocycles. The third-order valence-corrected chi connectivity index (χ3v) is 3.71. The fourth-order valence-electron chi connectivity index (χ4n) is 2.68. The minimum absolute atomic E-state index is 0.153.